The van der Waals surface area contributed by atoms with Crippen LogP contribution >= 0.6 is 0 Å². The van der Waals surface area contributed by atoms with E-state index in [2.05, 4.69) is 11.3 Å². The number of benzene rings is 2. The van der Waals surface area contributed by atoms with E-state index in [9.17, 15) is 18.0 Å². The number of halogens is 3. The zero-order chi connectivity index (χ0) is 21.0. The van der Waals surface area contributed by atoms with E-state index in [1.165, 1.54) is 24.3 Å². The molecule has 2 atom stereocenters. The predicted octanol–water partition coefficient (Wildman–Crippen LogP) is 5.80. The topological polar surface area (TPSA) is 38.8 Å². The minimum atomic E-state index is -2.89. The molecule has 3 rings (SSSR count). The number of ether oxygens (including phenoxy) is 2. The molecule has 1 aliphatic heterocycles. The van der Waals surface area contributed by atoms with E-state index >= 15 is 0 Å². The van der Waals surface area contributed by atoms with E-state index in [1.54, 1.807) is 35.2 Å². The van der Waals surface area contributed by atoms with Crippen LogP contribution in [0.4, 0.5) is 18.0 Å². The summed E-state index contributed by atoms with van der Waals surface area (Å²) in [6.45, 7) is 3.12. The van der Waals surface area contributed by atoms with Gasteiger partial charge in [-0.05, 0) is 42.3 Å². The van der Waals surface area contributed by atoms with E-state index in [4.69, 9.17) is 4.74 Å². The molecule has 1 aliphatic rings. The van der Waals surface area contributed by atoms with E-state index in [0.717, 1.165) is 5.56 Å². The van der Waals surface area contributed by atoms with Crippen molar-refractivity contribution in [1.29, 1.82) is 0 Å². The van der Waals surface area contributed by atoms with Gasteiger partial charge in [0.15, 0.2) is 0 Å². The average molecular weight is 405 g/mol. The molecule has 0 saturated carbocycles. The van der Waals surface area contributed by atoms with Crippen molar-refractivity contribution in [2.24, 2.45) is 0 Å². The summed E-state index contributed by atoms with van der Waals surface area (Å²) >= 11 is 0. The normalized spacial score (nSPS) is 20.3. The van der Waals surface area contributed by atoms with Crippen LogP contribution in [0.5, 0.6) is 5.75 Å². The largest absolute Gasteiger partial charge is 0.437 e. The lowest BCUT2D eigenvalue weighted by atomic mass is 9.85. The molecule has 1 saturated heterocycles. The van der Waals surface area contributed by atoms with Gasteiger partial charge in [0, 0.05) is 19.4 Å². The summed E-state index contributed by atoms with van der Waals surface area (Å²) in [5, 5.41) is 0. The number of carbonyl (C=O) groups excluding carboxylic acids is 1. The standard InChI is InChI=1S/C22H22F3NO3/c1-3-12-22(17-6-8-18(23)9-7-17)13-14-26(21(27)29-22)15(2)16-4-10-19(11-5-16)28-20(24)25/h3-11,15,20H,1,12-14H2,2H3/t15-,22+/m0/s1. The Morgan fingerprint density at radius 2 is 1.86 bits per heavy atom. The fourth-order valence-corrected chi connectivity index (χ4v) is 3.58. The molecule has 7 heteroatoms. The monoisotopic (exact) mass is 405 g/mol. The highest BCUT2D eigenvalue weighted by Gasteiger charge is 2.42. The molecule has 2 aromatic carbocycles. The van der Waals surface area contributed by atoms with E-state index in [0.29, 0.717) is 24.9 Å². The molecule has 2 aromatic rings. The Labute approximate surface area is 167 Å². The average Bonchev–Trinajstić information content (AvgIpc) is 2.68. The van der Waals surface area contributed by atoms with Gasteiger partial charge in [0.2, 0.25) is 0 Å². The molecule has 0 aromatic heterocycles. The highest BCUT2D eigenvalue weighted by Crippen LogP contribution is 2.40. The first kappa shape index (κ1) is 20.8. The van der Waals surface area contributed by atoms with Gasteiger partial charge in [0.05, 0.1) is 6.04 Å². The highest BCUT2D eigenvalue weighted by atomic mass is 19.3. The SMILES string of the molecule is C=CC[C@]1(c2ccc(F)cc2)CCN([C@@H](C)c2ccc(OC(F)F)cc2)C(=O)O1. The number of rotatable bonds is 7. The third-order valence-corrected chi connectivity index (χ3v) is 5.17. The molecule has 4 nitrogen and oxygen atoms in total. The summed E-state index contributed by atoms with van der Waals surface area (Å²) in [6, 6.07) is 11.8. The minimum Gasteiger partial charge on any atom is -0.437 e. The lowest BCUT2D eigenvalue weighted by molar-refractivity contribution is -0.0588. The van der Waals surface area contributed by atoms with Crippen LogP contribution in [0.2, 0.25) is 0 Å². The first-order valence-electron chi connectivity index (χ1n) is 9.26. The van der Waals surface area contributed by atoms with E-state index in [-0.39, 0.29) is 17.6 Å². The Kier molecular flexibility index (Phi) is 6.15. The third-order valence-electron chi connectivity index (χ3n) is 5.17. The van der Waals surface area contributed by atoms with Crippen LogP contribution in [0, 0.1) is 5.82 Å². The smallest absolute Gasteiger partial charge is 0.411 e. The maximum atomic E-state index is 13.3. The van der Waals surface area contributed by atoms with Gasteiger partial charge in [0.1, 0.15) is 17.2 Å². The lowest BCUT2D eigenvalue weighted by Gasteiger charge is -2.43. The van der Waals surface area contributed by atoms with E-state index < -0.39 is 18.3 Å². The Hall–Kier alpha value is -2.96. The zero-order valence-corrected chi connectivity index (χ0v) is 16.0. The number of hydrogen-bond donors (Lipinski definition) is 0. The number of cyclic esters (lactones) is 1. The second-order valence-corrected chi connectivity index (χ2v) is 6.93. The summed E-state index contributed by atoms with van der Waals surface area (Å²) < 4.78 is 48.1. The molecule has 0 bridgehead atoms. The van der Waals surface area contributed by atoms with Gasteiger partial charge in [-0.2, -0.15) is 8.78 Å². The Morgan fingerprint density at radius 3 is 2.41 bits per heavy atom. The molecule has 1 amide bonds. The predicted molar refractivity (Wildman–Crippen MR) is 102 cm³/mol. The Bertz CT molecular complexity index is 855. The number of hydrogen-bond acceptors (Lipinski definition) is 3. The minimum absolute atomic E-state index is 0.0541. The molecule has 1 fully saturated rings. The summed E-state index contributed by atoms with van der Waals surface area (Å²) in [6.07, 6.45) is 2.10. The highest BCUT2D eigenvalue weighted by molar-refractivity contribution is 5.70. The van der Waals surface area contributed by atoms with Crippen molar-refractivity contribution in [3.05, 3.63) is 78.1 Å². The van der Waals surface area contributed by atoms with Crippen LogP contribution in [0.15, 0.2) is 61.2 Å². The van der Waals surface area contributed by atoms with Gasteiger partial charge in [-0.3, -0.25) is 0 Å². The first-order chi connectivity index (χ1) is 13.8. The third kappa shape index (κ3) is 4.55. The maximum absolute atomic E-state index is 13.3. The molecule has 0 unspecified atom stereocenters. The second-order valence-electron chi connectivity index (χ2n) is 6.93. The summed E-state index contributed by atoms with van der Waals surface area (Å²) in [5.74, 6) is -0.308. The van der Waals surface area contributed by atoms with Crippen molar-refractivity contribution in [2.75, 3.05) is 6.54 Å². The number of amides is 1. The molecule has 0 N–H and O–H groups in total. The summed E-state index contributed by atoms with van der Waals surface area (Å²) in [7, 11) is 0. The summed E-state index contributed by atoms with van der Waals surface area (Å²) in [4.78, 5) is 14.4. The van der Waals surface area contributed by atoms with Gasteiger partial charge < -0.3 is 14.4 Å². The van der Waals surface area contributed by atoms with E-state index in [1.807, 2.05) is 6.92 Å². The van der Waals surface area contributed by atoms with Crippen molar-refractivity contribution in [3.8, 4) is 5.75 Å². The maximum Gasteiger partial charge on any atom is 0.411 e. The number of nitrogens with zero attached hydrogens (tertiary/aromatic N) is 1. The van der Waals surface area contributed by atoms with Crippen molar-refractivity contribution in [1.82, 2.24) is 4.90 Å². The zero-order valence-electron chi connectivity index (χ0n) is 16.0. The van der Waals surface area contributed by atoms with Gasteiger partial charge in [-0.1, -0.05) is 30.3 Å². The molecule has 1 heterocycles. The van der Waals surface area contributed by atoms with Gasteiger partial charge in [0.25, 0.3) is 0 Å². The molecule has 0 spiro atoms. The van der Waals surface area contributed by atoms with Crippen LogP contribution in [-0.4, -0.2) is 24.1 Å². The van der Waals surface area contributed by atoms with Crippen molar-refractivity contribution in [3.63, 3.8) is 0 Å². The quantitative estimate of drug-likeness (QED) is 0.547. The van der Waals surface area contributed by atoms with Gasteiger partial charge in [-0.15, -0.1) is 6.58 Å². The number of alkyl halides is 2. The molecule has 0 aliphatic carbocycles. The molecular formula is C22H22F3NO3. The molecule has 0 radical (unpaired) electrons. The number of carbonyl (C=O) groups is 1. The lowest BCUT2D eigenvalue weighted by Crippen LogP contribution is -2.48. The fourth-order valence-electron chi connectivity index (χ4n) is 3.58. The van der Waals surface area contributed by atoms with Crippen LogP contribution in [0.25, 0.3) is 0 Å². The molecule has 154 valence electrons. The van der Waals surface area contributed by atoms with Crippen LogP contribution < -0.4 is 4.74 Å². The van der Waals surface area contributed by atoms with Crippen molar-refractivity contribution < 1.29 is 27.4 Å². The second kappa shape index (κ2) is 8.59. The van der Waals surface area contributed by atoms with Gasteiger partial charge in [-0.25, -0.2) is 9.18 Å². The Morgan fingerprint density at radius 1 is 1.21 bits per heavy atom. The van der Waals surface area contributed by atoms with Crippen LogP contribution in [-0.2, 0) is 10.3 Å². The summed E-state index contributed by atoms with van der Waals surface area (Å²) in [5.41, 5.74) is 0.590. The molecule has 29 heavy (non-hydrogen) atoms. The van der Waals surface area contributed by atoms with Gasteiger partial charge >= 0.3 is 12.7 Å². The first-order valence-corrected chi connectivity index (χ1v) is 9.26. The van der Waals surface area contributed by atoms with Crippen molar-refractivity contribution in [2.45, 2.75) is 38.0 Å². The molecular weight excluding hydrogens is 383 g/mol. The fraction of sp³-hybridized carbons (Fsp3) is 0.318. The van der Waals surface area contributed by atoms with Crippen LogP contribution in [0.1, 0.15) is 36.9 Å². The van der Waals surface area contributed by atoms with Crippen molar-refractivity contribution >= 4 is 6.09 Å². The van der Waals surface area contributed by atoms with Crippen LogP contribution in [0.3, 0.4) is 0 Å². The Balaban J connectivity index is 1.76.